The summed E-state index contributed by atoms with van der Waals surface area (Å²) in [6, 6.07) is 0. The second kappa shape index (κ2) is 4.99. The summed E-state index contributed by atoms with van der Waals surface area (Å²) in [6.45, 7) is 14.6. The summed E-state index contributed by atoms with van der Waals surface area (Å²) in [5.41, 5.74) is 0.389. The van der Waals surface area contributed by atoms with Crippen molar-refractivity contribution >= 4 is 5.91 Å². The van der Waals surface area contributed by atoms with E-state index in [-0.39, 0.29) is 5.54 Å². The van der Waals surface area contributed by atoms with Gasteiger partial charge in [-0.05, 0) is 44.4 Å². The number of likely N-dealkylation sites (tertiary alicyclic amines) is 1. The highest BCUT2D eigenvalue weighted by Gasteiger charge is 2.35. The molecule has 2 nitrogen and oxygen atoms in total. The van der Waals surface area contributed by atoms with Crippen LogP contribution in [0.5, 0.6) is 0 Å². The molecule has 1 fully saturated rings. The lowest BCUT2D eigenvalue weighted by atomic mass is 9.75. The molecular weight excluding hydrogens is 210 g/mol. The maximum absolute atomic E-state index is 11.8. The van der Waals surface area contributed by atoms with Crippen LogP contribution in [0.15, 0.2) is 0 Å². The summed E-state index contributed by atoms with van der Waals surface area (Å²) in [6.07, 6.45) is 4.07. The molecule has 100 valence electrons. The Balaban J connectivity index is 2.58. The van der Waals surface area contributed by atoms with Gasteiger partial charge in [0.2, 0.25) is 5.91 Å². The lowest BCUT2D eigenvalue weighted by Gasteiger charge is -2.39. The molecule has 1 heterocycles. The van der Waals surface area contributed by atoms with Gasteiger partial charge in [-0.3, -0.25) is 4.79 Å². The zero-order chi connectivity index (χ0) is 13.3. The van der Waals surface area contributed by atoms with E-state index in [4.69, 9.17) is 0 Å². The Bertz CT molecular complexity index is 279. The van der Waals surface area contributed by atoms with Crippen molar-refractivity contribution in [3.05, 3.63) is 0 Å². The van der Waals surface area contributed by atoms with Crippen molar-refractivity contribution in [1.82, 2.24) is 4.90 Å². The topological polar surface area (TPSA) is 20.3 Å². The van der Waals surface area contributed by atoms with Crippen molar-refractivity contribution in [2.75, 3.05) is 6.54 Å². The molecule has 2 heteroatoms. The molecule has 0 saturated carbocycles. The van der Waals surface area contributed by atoms with Crippen molar-refractivity contribution in [3.8, 4) is 0 Å². The Morgan fingerprint density at radius 1 is 1.18 bits per heavy atom. The summed E-state index contributed by atoms with van der Waals surface area (Å²) in [5, 5.41) is 0. The predicted octanol–water partition coefficient (Wildman–Crippen LogP) is 3.85. The van der Waals surface area contributed by atoms with Gasteiger partial charge in [-0.2, -0.15) is 0 Å². The number of hydrogen-bond acceptors (Lipinski definition) is 1. The van der Waals surface area contributed by atoms with Crippen LogP contribution in [0, 0.1) is 11.3 Å². The van der Waals surface area contributed by atoms with Crippen LogP contribution in [0.4, 0.5) is 0 Å². The monoisotopic (exact) mass is 239 g/mol. The number of nitrogens with zero attached hydrogens (tertiary/aromatic N) is 1. The first-order valence-electron chi connectivity index (χ1n) is 6.97. The van der Waals surface area contributed by atoms with Gasteiger partial charge in [0, 0.05) is 18.5 Å². The first kappa shape index (κ1) is 14.5. The zero-order valence-electron chi connectivity index (χ0n) is 12.5. The first-order chi connectivity index (χ1) is 7.67. The fourth-order valence-electron chi connectivity index (χ4n) is 2.34. The maximum atomic E-state index is 11.8. The molecule has 0 atom stereocenters. The van der Waals surface area contributed by atoms with E-state index in [0.29, 0.717) is 17.2 Å². The Morgan fingerprint density at radius 2 is 1.76 bits per heavy atom. The highest BCUT2D eigenvalue weighted by Crippen LogP contribution is 2.36. The van der Waals surface area contributed by atoms with Crippen LogP contribution >= 0.6 is 0 Å². The average molecular weight is 239 g/mol. The minimum atomic E-state index is 0.0275. The van der Waals surface area contributed by atoms with E-state index in [1.165, 1.54) is 6.42 Å². The quantitative estimate of drug-likeness (QED) is 0.713. The predicted molar refractivity (Wildman–Crippen MR) is 72.9 cm³/mol. The van der Waals surface area contributed by atoms with E-state index in [1.807, 2.05) is 0 Å². The molecule has 1 saturated heterocycles. The van der Waals surface area contributed by atoms with E-state index in [9.17, 15) is 4.79 Å². The molecular formula is C15H29NO. The standard InChI is InChI=1S/C15H29NO/c1-12(2)14(3,4)9-10-15(5,6)16-11-7-8-13(16)17/h12H,7-11H2,1-6H3. The molecule has 1 aliphatic rings. The van der Waals surface area contributed by atoms with Crippen LogP contribution < -0.4 is 0 Å². The molecule has 1 rings (SSSR count). The number of rotatable bonds is 5. The summed E-state index contributed by atoms with van der Waals surface area (Å²) < 4.78 is 0. The van der Waals surface area contributed by atoms with Crippen LogP contribution in [0.25, 0.3) is 0 Å². The van der Waals surface area contributed by atoms with E-state index >= 15 is 0 Å². The molecule has 1 amide bonds. The molecule has 0 aliphatic carbocycles. The van der Waals surface area contributed by atoms with Crippen molar-refractivity contribution in [1.29, 1.82) is 0 Å². The van der Waals surface area contributed by atoms with Crippen LogP contribution in [-0.4, -0.2) is 22.9 Å². The summed E-state index contributed by atoms with van der Waals surface area (Å²) in [5.74, 6) is 1.03. The Labute approximate surface area is 107 Å². The minimum Gasteiger partial charge on any atom is -0.338 e. The first-order valence-corrected chi connectivity index (χ1v) is 6.97. The number of amides is 1. The lowest BCUT2D eigenvalue weighted by Crippen LogP contribution is -2.45. The molecule has 0 aromatic carbocycles. The van der Waals surface area contributed by atoms with E-state index < -0.39 is 0 Å². The van der Waals surface area contributed by atoms with E-state index in [1.54, 1.807) is 0 Å². The van der Waals surface area contributed by atoms with Crippen molar-refractivity contribution in [3.63, 3.8) is 0 Å². The van der Waals surface area contributed by atoms with Gasteiger partial charge < -0.3 is 4.90 Å². The van der Waals surface area contributed by atoms with Gasteiger partial charge in [0.1, 0.15) is 0 Å². The van der Waals surface area contributed by atoms with Gasteiger partial charge in [-0.25, -0.2) is 0 Å². The highest BCUT2D eigenvalue weighted by atomic mass is 16.2. The minimum absolute atomic E-state index is 0.0275. The van der Waals surface area contributed by atoms with Crippen molar-refractivity contribution in [2.45, 2.75) is 72.8 Å². The van der Waals surface area contributed by atoms with Crippen LogP contribution in [-0.2, 0) is 4.79 Å². The highest BCUT2D eigenvalue weighted by molar-refractivity contribution is 5.78. The van der Waals surface area contributed by atoms with Crippen molar-refractivity contribution < 1.29 is 4.79 Å². The molecule has 17 heavy (non-hydrogen) atoms. The fraction of sp³-hybridized carbons (Fsp3) is 0.933. The molecule has 0 aromatic heterocycles. The number of hydrogen-bond donors (Lipinski definition) is 0. The van der Waals surface area contributed by atoms with E-state index in [0.717, 1.165) is 25.8 Å². The Hall–Kier alpha value is -0.530. The molecule has 0 aromatic rings. The molecule has 0 bridgehead atoms. The summed E-state index contributed by atoms with van der Waals surface area (Å²) in [7, 11) is 0. The fourth-order valence-corrected chi connectivity index (χ4v) is 2.34. The van der Waals surface area contributed by atoms with Crippen LogP contribution in [0.2, 0.25) is 0 Å². The number of carbonyl (C=O) groups excluding carboxylic acids is 1. The smallest absolute Gasteiger partial charge is 0.223 e. The largest absolute Gasteiger partial charge is 0.338 e. The summed E-state index contributed by atoms with van der Waals surface area (Å²) >= 11 is 0. The van der Waals surface area contributed by atoms with Crippen LogP contribution in [0.1, 0.15) is 67.2 Å². The molecule has 0 spiro atoms. The second-order valence-corrected chi connectivity index (χ2v) is 7.10. The zero-order valence-corrected chi connectivity index (χ0v) is 12.5. The maximum Gasteiger partial charge on any atom is 0.223 e. The molecule has 0 unspecified atom stereocenters. The van der Waals surface area contributed by atoms with E-state index in [2.05, 4.69) is 46.4 Å². The average Bonchev–Trinajstić information content (AvgIpc) is 2.62. The second-order valence-electron chi connectivity index (χ2n) is 7.10. The van der Waals surface area contributed by atoms with Gasteiger partial charge in [0.25, 0.3) is 0 Å². The molecule has 0 radical (unpaired) electrons. The van der Waals surface area contributed by atoms with Gasteiger partial charge in [-0.15, -0.1) is 0 Å². The Morgan fingerprint density at radius 3 is 2.18 bits per heavy atom. The summed E-state index contributed by atoms with van der Waals surface area (Å²) in [4.78, 5) is 13.9. The normalized spacial score (nSPS) is 18.3. The van der Waals surface area contributed by atoms with Gasteiger partial charge >= 0.3 is 0 Å². The Kier molecular flexibility index (Phi) is 4.27. The third-order valence-corrected chi connectivity index (χ3v) is 4.75. The molecule has 0 N–H and O–H groups in total. The third kappa shape index (κ3) is 3.46. The van der Waals surface area contributed by atoms with Gasteiger partial charge in [0.05, 0.1) is 0 Å². The number of carbonyl (C=O) groups is 1. The molecule has 1 aliphatic heterocycles. The SMILES string of the molecule is CC(C)C(C)(C)CCC(C)(C)N1CCCC1=O. The van der Waals surface area contributed by atoms with Crippen LogP contribution in [0.3, 0.4) is 0 Å². The van der Waals surface area contributed by atoms with Gasteiger partial charge in [-0.1, -0.05) is 27.7 Å². The lowest BCUT2D eigenvalue weighted by molar-refractivity contribution is -0.132. The van der Waals surface area contributed by atoms with Gasteiger partial charge in [0.15, 0.2) is 0 Å². The third-order valence-electron chi connectivity index (χ3n) is 4.75. The van der Waals surface area contributed by atoms with Crippen molar-refractivity contribution in [2.24, 2.45) is 11.3 Å².